The van der Waals surface area contributed by atoms with Crippen LogP contribution in [-0.2, 0) is 6.42 Å². The van der Waals surface area contributed by atoms with Crippen LogP contribution in [0.25, 0.3) is 0 Å². The summed E-state index contributed by atoms with van der Waals surface area (Å²) in [5.74, 6) is 7.59. The number of hydrogen-bond acceptors (Lipinski definition) is 5. The summed E-state index contributed by atoms with van der Waals surface area (Å²) in [6.45, 7) is 3.87. The monoisotopic (exact) mass is 326 g/mol. The summed E-state index contributed by atoms with van der Waals surface area (Å²) < 4.78 is 5.79. The molecule has 1 aromatic carbocycles. The van der Waals surface area contributed by atoms with Crippen LogP contribution >= 0.6 is 23.2 Å². The van der Waals surface area contributed by atoms with E-state index in [1.54, 1.807) is 18.2 Å². The minimum atomic E-state index is 0.416. The van der Waals surface area contributed by atoms with Crippen molar-refractivity contribution < 1.29 is 4.74 Å². The van der Waals surface area contributed by atoms with Crippen molar-refractivity contribution in [2.45, 2.75) is 26.7 Å². The number of aryl methyl sites for hydroxylation is 1. The molecule has 1 heterocycles. The lowest BCUT2D eigenvalue weighted by molar-refractivity contribution is 0.454. The smallest absolute Gasteiger partial charge is 0.227 e. The van der Waals surface area contributed by atoms with Crippen molar-refractivity contribution in [3.8, 4) is 11.6 Å². The first-order chi connectivity index (χ1) is 10.0. The number of nitrogens with one attached hydrogen (secondary N) is 1. The average molecular weight is 327 g/mol. The molecule has 2 aromatic rings. The fourth-order valence-corrected chi connectivity index (χ4v) is 2.22. The van der Waals surface area contributed by atoms with Crippen LogP contribution in [0.3, 0.4) is 0 Å². The van der Waals surface area contributed by atoms with Crippen LogP contribution in [0.5, 0.6) is 11.6 Å². The quantitative estimate of drug-likeness (QED) is 0.638. The van der Waals surface area contributed by atoms with E-state index in [1.807, 2.05) is 6.92 Å². The molecule has 0 unspecified atom stereocenters. The van der Waals surface area contributed by atoms with Crippen molar-refractivity contribution >= 4 is 29.0 Å². The Labute approximate surface area is 133 Å². The van der Waals surface area contributed by atoms with Gasteiger partial charge in [-0.25, -0.2) is 10.8 Å². The molecular weight excluding hydrogens is 311 g/mol. The minimum absolute atomic E-state index is 0.416. The second-order valence-electron chi connectivity index (χ2n) is 4.49. The Hall–Kier alpha value is -1.56. The van der Waals surface area contributed by atoms with Gasteiger partial charge in [-0.2, -0.15) is 4.98 Å². The first-order valence-electron chi connectivity index (χ1n) is 6.52. The molecule has 0 saturated carbocycles. The first kappa shape index (κ1) is 15.8. The van der Waals surface area contributed by atoms with E-state index in [9.17, 15) is 0 Å². The molecule has 0 radical (unpaired) electrons. The highest BCUT2D eigenvalue weighted by Gasteiger charge is 2.13. The van der Waals surface area contributed by atoms with Gasteiger partial charge in [-0.3, -0.25) is 0 Å². The number of aromatic nitrogens is 2. The molecule has 0 aliphatic carbocycles. The van der Waals surface area contributed by atoms with Gasteiger partial charge in [0, 0.05) is 11.4 Å². The molecule has 0 spiro atoms. The number of rotatable bonds is 5. The van der Waals surface area contributed by atoms with Gasteiger partial charge in [0.1, 0.15) is 17.4 Å². The molecule has 0 saturated heterocycles. The summed E-state index contributed by atoms with van der Waals surface area (Å²) >= 11 is 12.0. The zero-order valence-electron chi connectivity index (χ0n) is 11.8. The summed E-state index contributed by atoms with van der Waals surface area (Å²) in [6, 6.07) is 5.01. The van der Waals surface area contributed by atoms with Crippen molar-refractivity contribution in [1.82, 2.24) is 9.97 Å². The number of nitrogens with zero attached hydrogens (tertiary/aromatic N) is 2. The predicted octanol–water partition coefficient (Wildman–Crippen LogP) is 4.12. The van der Waals surface area contributed by atoms with E-state index in [0.717, 1.165) is 12.8 Å². The van der Waals surface area contributed by atoms with E-state index in [1.165, 1.54) is 0 Å². The number of hydrazine groups is 1. The zero-order chi connectivity index (χ0) is 15.4. The largest absolute Gasteiger partial charge is 0.437 e. The second-order valence-corrected chi connectivity index (χ2v) is 5.33. The Morgan fingerprint density at radius 3 is 2.67 bits per heavy atom. The van der Waals surface area contributed by atoms with Gasteiger partial charge in [-0.15, -0.1) is 0 Å². The summed E-state index contributed by atoms with van der Waals surface area (Å²) in [7, 11) is 0. The van der Waals surface area contributed by atoms with E-state index < -0.39 is 0 Å². The van der Waals surface area contributed by atoms with Crippen LogP contribution in [0.15, 0.2) is 18.2 Å². The van der Waals surface area contributed by atoms with Crippen molar-refractivity contribution in [3.63, 3.8) is 0 Å². The standard InChI is InChI=1S/C14H16Cl2N4O/c1-3-4-12-18-13(20-17)8(2)14(19-12)21-11-6-5-9(15)7-10(11)16/h5-7H,3-4,17H2,1-2H3,(H,18,19,20). The highest BCUT2D eigenvalue weighted by molar-refractivity contribution is 6.35. The molecule has 0 fully saturated rings. The Bertz CT molecular complexity index is 649. The second kappa shape index (κ2) is 6.93. The van der Waals surface area contributed by atoms with Crippen LogP contribution in [0.1, 0.15) is 24.7 Å². The van der Waals surface area contributed by atoms with Crippen LogP contribution in [-0.4, -0.2) is 9.97 Å². The first-order valence-corrected chi connectivity index (χ1v) is 7.27. The lowest BCUT2D eigenvalue weighted by Crippen LogP contribution is -2.13. The van der Waals surface area contributed by atoms with Gasteiger partial charge < -0.3 is 10.2 Å². The number of benzene rings is 1. The molecule has 5 nitrogen and oxygen atoms in total. The number of halogens is 2. The van der Waals surface area contributed by atoms with E-state index >= 15 is 0 Å². The third kappa shape index (κ3) is 3.75. The summed E-state index contributed by atoms with van der Waals surface area (Å²) in [6.07, 6.45) is 1.66. The molecular formula is C14H16Cl2N4O. The van der Waals surface area contributed by atoms with Gasteiger partial charge in [0.05, 0.1) is 10.6 Å². The molecule has 0 atom stereocenters. The predicted molar refractivity (Wildman–Crippen MR) is 85.1 cm³/mol. The molecule has 3 N–H and O–H groups in total. The zero-order valence-corrected chi connectivity index (χ0v) is 13.3. The molecule has 7 heteroatoms. The van der Waals surface area contributed by atoms with Crippen LogP contribution in [0, 0.1) is 6.92 Å². The summed E-state index contributed by atoms with van der Waals surface area (Å²) in [5, 5.41) is 0.961. The molecule has 0 bridgehead atoms. The van der Waals surface area contributed by atoms with Gasteiger partial charge >= 0.3 is 0 Å². The molecule has 0 aliphatic heterocycles. The SMILES string of the molecule is CCCc1nc(NN)c(C)c(Oc2ccc(Cl)cc2Cl)n1. The van der Waals surface area contributed by atoms with E-state index in [0.29, 0.717) is 38.9 Å². The average Bonchev–Trinajstić information content (AvgIpc) is 2.45. The van der Waals surface area contributed by atoms with Crippen molar-refractivity contribution in [1.29, 1.82) is 0 Å². The molecule has 21 heavy (non-hydrogen) atoms. The maximum Gasteiger partial charge on any atom is 0.227 e. The molecule has 0 amide bonds. The van der Waals surface area contributed by atoms with Crippen molar-refractivity contribution in [2.75, 3.05) is 5.43 Å². The Balaban J connectivity index is 2.40. The topological polar surface area (TPSA) is 73.1 Å². The third-order valence-corrected chi connectivity index (χ3v) is 3.39. The van der Waals surface area contributed by atoms with Gasteiger partial charge in [0.25, 0.3) is 0 Å². The van der Waals surface area contributed by atoms with E-state index in [2.05, 4.69) is 22.3 Å². The van der Waals surface area contributed by atoms with E-state index in [4.69, 9.17) is 33.8 Å². The van der Waals surface area contributed by atoms with Crippen molar-refractivity contribution in [2.24, 2.45) is 5.84 Å². The lowest BCUT2D eigenvalue weighted by atomic mass is 10.3. The number of ether oxygens (including phenoxy) is 1. The molecule has 2 rings (SSSR count). The maximum absolute atomic E-state index is 6.11. The van der Waals surface area contributed by atoms with Gasteiger partial charge in [0.15, 0.2) is 0 Å². The highest BCUT2D eigenvalue weighted by atomic mass is 35.5. The Kier molecular flexibility index (Phi) is 5.22. The third-order valence-electron chi connectivity index (χ3n) is 2.86. The number of anilines is 1. The minimum Gasteiger partial charge on any atom is -0.437 e. The number of nitrogen functional groups attached to an aromatic ring is 1. The maximum atomic E-state index is 6.11. The number of hydrogen-bond donors (Lipinski definition) is 2. The van der Waals surface area contributed by atoms with E-state index in [-0.39, 0.29) is 0 Å². The van der Waals surface area contributed by atoms with Crippen LogP contribution in [0.2, 0.25) is 10.0 Å². The highest BCUT2D eigenvalue weighted by Crippen LogP contribution is 2.33. The fraction of sp³-hybridized carbons (Fsp3) is 0.286. The number of nitrogens with two attached hydrogens (primary N) is 1. The van der Waals surface area contributed by atoms with Crippen LogP contribution in [0.4, 0.5) is 5.82 Å². The lowest BCUT2D eigenvalue weighted by Gasteiger charge is -2.13. The van der Waals surface area contributed by atoms with Crippen LogP contribution < -0.4 is 16.0 Å². The molecule has 1 aromatic heterocycles. The Morgan fingerprint density at radius 1 is 1.29 bits per heavy atom. The fourth-order valence-electron chi connectivity index (χ4n) is 1.78. The Morgan fingerprint density at radius 2 is 2.05 bits per heavy atom. The van der Waals surface area contributed by atoms with Gasteiger partial charge in [-0.1, -0.05) is 30.1 Å². The van der Waals surface area contributed by atoms with Gasteiger partial charge in [-0.05, 0) is 31.5 Å². The molecule has 112 valence electrons. The summed E-state index contributed by atoms with van der Waals surface area (Å²) in [5.41, 5.74) is 3.27. The normalized spacial score (nSPS) is 10.5. The van der Waals surface area contributed by atoms with Gasteiger partial charge in [0.2, 0.25) is 5.88 Å². The van der Waals surface area contributed by atoms with Crippen molar-refractivity contribution in [3.05, 3.63) is 39.6 Å². The summed E-state index contributed by atoms with van der Waals surface area (Å²) in [4.78, 5) is 8.75. The molecule has 0 aliphatic rings.